The summed E-state index contributed by atoms with van der Waals surface area (Å²) in [7, 11) is 4.70. The summed E-state index contributed by atoms with van der Waals surface area (Å²) < 4.78 is 22.0. The van der Waals surface area contributed by atoms with Gasteiger partial charge in [-0.1, -0.05) is 12.1 Å². The number of hydrogen-bond acceptors (Lipinski definition) is 7. The molecule has 2 heterocycles. The number of ether oxygens (including phenoxy) is 4. The third kappa shape index (κ3) is 5.29. The largest absolute Gasteiger partial charge is 0.497 e. The van der Waals surface area contributed by atoms with Crippen LogP contribution >= 0.6 is 0 Å². The van der Waals surface area contributed by atoms with Crippen molar-refractivity contribution in [3.63, 3.8) is 0 Å². The molecular formula is C26H27N3O6. The number of carbonyl (C=O) groups is 2. The number of benzene rings is 2. The number of pyridine rings is 1. The molecule has 0 atom stereocenters. The number of nitrogens with one attached hydrogen (secondary N) is 1. The fourth-order valence-electron chi connectivity index (χ4n) is 3.86. The molecular weight excluding hydrogens is 450 g/mol. The van der Waals surface area contributed by atoms with Gasteiger partial charge in [0.05, 0.1) is 27.9 Å². The molecule has 0 unspecified atom stereocenters. The molecule has 0 bridgehead atoms. The van der Waals surface area contributed by atoms with Gasteiger partial charge in [0.15, 0.2) is 11.5 Å². The monoisotopic (exact) mass is 477 g/mol. The fourth-order valence-corrected chi connectivity index (χ4v) is 3.86. The number of para-hydroxylation sites is 1. The quantitative estimate of drug-likeness (QED) is 0.526. The molecule has 1 aliphatic heterocycles. The highest BCUT2D eigenvalue weighted by Gasteiger charge is 2.28. The van der Waals surface area contributed by atoms with E-state index in [0.29, 0.717) is 34.6 Å². The topological polar surface area (TPSA) is 99.2 Å². The Morgan fingerprint density at radius 3 is 2.60 bits per heavy atom. The predicted octanol–water partition coefficient (Wildman–Crippen LogP) is 3.84. The number of anilines is 1. The van der Waals surface area contributed by atoms with E-state index in [1.807, 2.05) is 12.1 Å². The normalized spacial score (nSPS) is 11.9. The van der Waals surface area contributed by atoms with Crippen LogP contribution in [0.4, 0.5) is 5.69 Å². The Bertz CT molecular complexity index is 1230. The maximum atomic E-state index is 13.2. The number of fused-ring (bicyclic) bond motifs is 2. The molecule has 0 radical (unpaired) electrons. The second kappa shape index (κ2) is 10.8. The third-order valence-corrected chi connectivity index (χ3v) is 5.68. The minimum absolute atomic E-state index is 0.0225. The molecule has 1 aromatic heterocycles. The molecule has 0 fully saturated rings. The Labute approximate surface area is 203 Å². The van der Waals surface area contributed by atoms with E-state index in [4.69, 9.17) is 18.9 Å². The smallest absolute Gasteiger partial charge is 0.243 e. The molecule has 2 aromatic carbocycles. The maximum Gasteiger partial charge on any atom is 0.243 e. The lowest BCUT2D eigenvalue weighted by molar-refractivity contribution is -0.125. The summed E-state index contributed by atoms with van der Waals surface area (Å²) in [5.74, 6) is 2.23. The molecule has 35 heavy (non-hydrogen) atoms. The molecule has 9 nitrogen and oxygen atoms in total. The van der Waals surface area contributed by atoms with Gasteiger partial charge < -0.3 is 29.2 Å². The number of hydrogen-bond donors (Lipinski definition) is 1. The van der Waals surface area contributed by atoms with Crippen LogP contribution in [0, 0.1) is 0 Å². The average Bonchev–Trinajstić information content (AvgIpc) is 3.07. The minimum atomic E-state index is -0.247. The van der Waals surface area contributed by atoms with E-state index in [-0.39, 0.29) is 37.7 Å². The first-order valence-electron chi connectivity index (χ1n) is 11.1. The number of rotatable bonds is 8. The molecule has 3 aromatic rings. The summed E-state index contributed by atoms with van der Waals surface area (Å²) in [6, 6.07) is 14.4. The number of methoxy groups -OCH3 is 3. The van der Waals surface area contributed by atoms with Crippen molar-refractivity contribution in [2.75, 3.05) is 26.2 Å². The van der Waals surface area contributed by atoms with Crippen LogP contribution in [0.15, 0.2) is 54.7 Å². The highest BCUT2D eigenvalue weighted by atomic mass is 16.5. The zero-order valence-electron chi connectivity index (χ0n) is 19.9. The number of amides is 2. The maximum absolute atomic E-state index is 13.2. The molecule has 4 rings (SSSR count). The van der Waals surface area contributed by atoms with E-state index in [2.05, 4.69) is 10.3 Å². The zero-order chi connectivity index (χ0) is 24.8. The van der Waals surface area contributed by atoms with Crippen molar-refractivity contribution in [3.8, 4) is 28.9 Å². The summed E-state index contributed by atoms with van der Waals surface area (Å²) in [5, 5.41) is 2.85. The first-order valence-corrected chi connectivity index (χ1v) is 11.1. The lowest BCUT2D eigenvalue weighted by Gasteiger charge is -2.21. The van der Waals surface area contributed by atoms with Crippen LogP contribution < -0.4 is 29.2 Å². The Morgan fingerprint density at radius 2 is 1.83 bits per heavy atom. The molecule has 1 aliphatic rings. The lowest BCUT2D eigenvalue weighted by atomic mass is 10.1. The van der Waals surface area contributed by atoms with Gasteiger partial charge in [-0.2, -0.15) is 0 Å². The highest BCUT2D eigenvalue weighted by molar-refractivity contribution is 5.96. The van der Waals surface area contributed by atoms with Gasteiger partial charge >= 0.3 is 0 Å². The summed E-state index contributed by atoms with van der Waals surface area (Å²) in [6.07, 6.45) is 1.65. The minimum Gasteiger partial charge on any atom is -0.497 e. The van der Waals surface area contributed by atoms with Crippen molar-refractivity contribution in [2.24, 2.45) is 0 Å². The van der Waals surface area contributed by atoms with Gasteiger partial charge in [-0.05, 0) is 36.4 Å². The molecule has 2 amide bonds. The number of carbonyl (C=O) groups excluding carboxylic acids is 2. The summed E-state index contributed by atoms with van der Waals surface area (Å²) in [6.45, 7) is 0.525. The molecule has 9 heteroatoms. The fraction of sp³-hybridized carbons (Fsp3) is 0.269. The summed E-state index contributed by atoms with van der Waals surface area (Å²) in [4.78, 5) is 31.7. The standard InChI is InChI=1S/C26H27N3O6/c1-32-19-9-10-21(33-2)18(14-19)15-28-23(30)11-12-24(31)29-16-17-6-4-8-22(34-3)25(17)35-26-20(29)7-5-13-27-26/h4-10,13-14H,11-12,15-16H2,1-3H3,(H,28,30). The van der Waals surface area contributed by atoms with Gasteiger partial charge in [0.1, 0.15) is 17.2 Å². The first-order chi connectivity index (χ1) is 17.0. The van der Waals surface area contributed by atoms with E-state index >= 15 is 0 Å². The molecule has 0 saturated carbocycles. The number of nitrogens with zero attached hydrogens (tertiary/aromatic N) is 2. The average molecular weight is 478 g/mol. The van der Waals surface area contributed by atoms with Crippen molar-refractivity contribution >= 4 is 17.5 Å². The van der Waals surface area contributed by atoms with Crippen LogP contribution in [0.5, 0.6) is 28.9 Å². The van der Waals surface area contributed by atoms with Crippen molar-refractivity contribution < 1.29 is 28.5 Å². The van der Waals surface area contributed by atoms with Crippen molar-refractivity contribution in [1.82, 2.24) is 10.3 Å². The summed E-state index contributed by atoms with van der Waals surface area (Å²) >= 11 is 0. The van der Waals surface area contributed by atoms with E-state index < -0.39 is 0 Å². The van der Waals surface area contributed by atoms with Crippen molar-refractivity contribution in [1.29, 1.82) is 0 Å². The van der Waals surface area contributed by atoms with Crippen LogP contribution in [0.1, 0.15) is 24.0 Å². The molecule has 0 aliphatic carbocycles. The van der Waals surface area contributed by atoms with Gasteiger partial charge in [-0.3, -0.25) is 9.59 Å². The van der Waals surface area contributed by atoms with Crippen LogP contribution in [-0.2, 0) is 22.7 Å². The van der Waals surface area contributed by atoms with E-state index in [1.54, 1.807) is 68.8 Å². The van der Waals surface area contributed by atoms with E-state index in [9.17, 15) is 9.59 Å². The molecule has 1 N–H and O–H groups in total. The Morgan fingerprint density at radius 1 is 1.00 bits per heavy atom. The van der Waals surface area contributed by atoms with Crippen LogP contribution in [0.3, 0.4) is 0 Å². The Kier molecular flexibility index (Phi) is 7.35. The van der Waals surface area contributed by atoms with Gasteiger partial charge in [0.25, 0.3) is 0 Å². The molecule has 0 spiro atoms. The van der Waals surface area contributed by atoms with Gasteiger partial charge in [-0.25, -0.2) is 4.98 Å². The number of aromatic nitrogens is 1. The van der Waals surface area contributed by atoms with Crippen molar-refractivity contribution in [2.45, 2.75) is 25.9 Å². The molecule has 182 valence electrons. The SMILES string of the molecule is COc1ccc(OC)c(CNC(=O)CCC(=O)N2Cc3cccc(OC)c3Oc3ncccc32)c1. The van der Waals surface area contributed by atoms with Gasteiger partial charge in [0, 0.05) is 36.7 Å². The van der Waals surface area contributed by atoms with Crippen molar-refractivity contribution in [3.05, 3.63) is 65.9 Å². The third-order valence-electron chi connectivity index (χ3n) is 5.68. The Balaban J connectivity index is 1.44. The van der Waals surface area contributed by atoms with E-state index in [1.165, 1.54) is 0 Å². The van der Waals surface area contributed by atoms with Crippen LogP contribution in [0.2, 0.25) is 0 Å². The first kappa shape index (κ1) is 23.9. The van der Waals surface area contributed by atoms with Gasteiger partial charge in [-0.15, -0.1) is 0 Å². The van der Waals surface area contributed by atoms with E-state index in [0.717, 1.165) is 11.1 Å². The van der Waals surface area contributed by atoms with Crippen LogP contribution in [-0.4, -0.2) is 38.1 Å². The Hall–Kier alpha value is -4.27. The lowest BCUT2D eigenvalue weighted by Crippen LogP contribution is -2.31. The second-order valence-electron chi connectivity index (χ2n) is 7.81. The van der Waals surface area contributed by atoms with Gasteiger partial charge in [0.2, 0.25) is 17.7 Å². The highest BCUT2D eigenvalue weighted by Crippen LogP contribution is 2.42. The predicted molar refractivity (Wildman–Crippen MR) is 129 cm³/mol. The summed E-state index contributed by atoms with van der Waals surface area (Å²) in [5.41, 5.74) is 2.10. The van der Waals surface area contributed by atoms with Crippen LogP contribution in [0.25, 0.3) is 0 Å². The second-order valence-corrected chi connectivity index (χ2v) is 7.81. The zero-order valence-corrected chi connectivity index (χ0v) is 19.9. The molecule has 0 saturated heterocycles.